The highest BCUT2D eigenvalue weighted by atomic mass is 32.1. The molecule has 38 heavy (non-hydrogen) atoms. The van der Waals surface area contributed by atoms with Gasteiger partial charge in [-0.15, -0.1) is 11.3 Å². The monoisotopic (exact) mass is 534 g/mol. The molecule has 0 radical (unpaired) electrons. The minimum atomic E-state index is -0.242. The molecule has 2 saturated heterocycles. The molecular formula is C29H38N6O2S. The SMILES string of the molecule is CCCN(CCCC(C)C)C1N=Cc2c(n3c(sc4ccccc43)c(C(=O)N3CCC4NCCC43)c2=O)N1. The van der Waals surface area contributed by atoms with Crippen LogP contribution in [0.1, 0.15) is 68.8 Å². The summed E-state index contributed by atoms with van der Waals surface area (Å²) in [6.45, 7) is 10.2. The molecule has 0 spiro atoms. The maximum absolute atomic E-state index is 14.0. The van der Waals surface area contributed by atoms with Crippen molar-refractivity contribution >= 4 is 44.3 Å². The van der Waals surface area contributed by atoms with Gasteiger partial charge in [-0.05, 0) is 56.7 Å². The normalized spacial score (nSPS) is 22.6. The Balaban J connectivity index is 1.44. The second-order valence-corrected chi connectivity index (χ2v) is 12.3. The molecule has 3 aromatic rings. The van der Waals surface area contributed by atoms with Gasteiger partial charge in [-0.1, -0.05) is 32.9 Å². The Morgan fingerprint density at radius 2 is 2.08 bits per heavy atom. The number of anilines is 1. The molecule has 202 valence electrons. The molecular weight excluding hydrogens is 496 g/mol. The minimum Gasteiger partial charge on any atom is -0.336 e. The fraction of sp³-hybridized carbons (Fsp3) is 0.552. The van der Waals surface area contributed by atoms with E-state index in [9.17, 15) is 9.59 Å². The number of likely N-dealkylation sites (tertiary alicyclic amines) is 1. The van der Waals surface area contributed by atoms with Gasteiger partial charge in [-0.25, -0.2) is 0 Å². The molecule has 3 atom stereocenters. The maximum atomic E-state index is 14.0. The van der Waals surface area contributed by atoms with E-state index in [0.717, 1.165) is 66.2 Å². The first-order valence-corrected chi connectivity index (χ1v) is 15.0. The zero-order valence-corrected chi connectivity index (χ0v) is 23.4. The lowest BCUT2D eigenvalue weighted by Gasteiger charge is -2.33. The van der Waals surface area contributed by atoms with E-state index in [2.05, 4.69) is 52.8 Å². The van der Waals surface area contributed by atoms with Crippen LogP contribution in [-0.2, 0) is 0 Å². The molecule has 0 saturated carbocycles. The van der Waals surface area contributed by atoms with Crippen molar-refractivity contribution in [2.24, 2.45) is 10.9 Å². The number of thiazole rings is 1. The Labute approximate surface area is 227 Å². The van der Waals surface area contributed by atoms with Gasteiger partial charge < -0.3 is 15.5 Å². The molecule has 1 aromatic carbocycles. The van der Waals surface area contributed by atoms with E-state index in [0.29, 0.717) is 24.1 Å². The van der Waals surface area contributed by atoms with Gasteiger partial charge >= 0.3 is 0 Å². The van der Waals surface area contributed by atoms with Crippen LogP contribution in [0.5, 0.6) is 0 Å². The number of benzene rings is 1. The topological polar surface area (TPSA) is 81.5 Å². The lowest BCUT2D eigenvalue weighted by molar-refractivity contribution is 0.0737. The lowest BCUT2D eigenvalue weighted by atomic mass is 10.1. The first-order valence-electron chi connectivity index (χ1n) is 14.2. The molecule has 3 aliphatic heterocycles. The van der Waals surface area contributed by atoms with Gasteiger partial charge in [-0.3, -0.25) is 23.9 Å². The second-order valence-electron chi connectivity index (χ2n) is 11.2. The predicted octanol–water partition coefficient (Wildman–Crippen LogP) is 4.37. The van der Waals surface area contributed by atoms with Crippen LogP contribution >= 0.6 is 11.3 Å². The predicted molar refractivity (Wildman–Crippen MR) is 156 cm³/mol. The summed E-state index contributed by atoms with van der Waals surface area (Å²) in [7, 11) is 0. The highest BCUT2D eigenvalue weighted by Gasteiger charge is 2.42. The fourth-order valence-corrected chi connectivity index (χ4v) is 7.56. The molecule has 2 fully saturated rings. The summed E-state index contributed by atoms with van der Waals surface area (Å²) in [5.74, 6) is 1.26. The summed E-state index contributed by atoms with van der Waals surface area (Å²) in [4.78, 5) is 37.9. The number of nitrogens with one attached hydrogen (secondary N) is 2. The molecule has 3 unspecified atom stereocenters. The summed E-state index contributed by atoms with van der Waals surface area (Å²) in [6, 6.07) is 8.65. The Bertz CT molecular complexity index is 1440. The van der Waals surface area contributed by atoms with Gasteiger partial charge in [0.25, 0.3) is 5.91 Å². The van der Waals surface area contributed by atoms with Crippen molar-refractivity contribution in [1.82, 2.24) is 19.5 Å². The van der Waals surface area contributed by atoms with E-state index in [4.69, 9.17) is 4.99 Å². The second kappa shape index (κ2) is 10.4. The quantitative estimate of drug-likeness (QED) is 0.449. The van der Waals surface area contributed by atoms with Gasteiger partial charge in [0, 0.05) is 37.9 Å². The molecule has 6 rings (SSSR count). The zero-order valence-electron chi connectivity index (χ0n) is 22.6. The van der Waals surface area contributed by atoms with Crippen molar-refractivity contribution in [2.45, 2.75) is 71.2 Å². The van der Waals surface area contributed by atoms with Crippen LogP contribution < -0.4 is 16.1 Å². The number of fused-ring (bicyclic) bond motifs is 6. The Morgan fingerprint density at radius 3 is 2.89 bits per heavy atom. The van der Waals surface area contributed by atoms with E-state index in [1.54, 1.807) is 6.21 Å². The van der Waals surface area contributed by atoms with Crippen LogP contribution in [0.2, 0.25) is 0 Å². The van der Waals surface area contributed by atoms with Crippen LogP contribution in [0, 0.1) is 5.92 Å². The smallest absolute Gasteiger partial charge is 0.261 e. The highest BCUT2D eigenvalue weighted by Crippen LogP contribution is 2.35. The van der Waals surface area contributed by atoms with E-state index >= 15 is 0 Å². The third kappa shape index (κ3) is 4.34. The number of hydrogen-bond acceptors (Lipinski definition) is 7. The number of hydrogen-bond donors (Lipinski definition) is 2. The van der Waals surface area contributed by atoms with Gasteiger partial charge in [0.15, 0.2) is 6.29 Å². The van der Waals surface area contributed by atoms with Crippen LogP contribution in [0.25, 0.3) is 15.0 Å². The number of para-hydroxylation sites is 1. The van der Waals surface area contributed by atoms with Crippen molar-refractivity contribution in [3.63, 3.8) is 0 Å². The number of carbonyl (C=O) groups is 1. The van der Waals surface area contributed by atoms with E-state index in [-0.39, 0.29) is 29.2 Å². The Hall–Kier alpha value is -2.75. The maximum Gasteiger partial charge on any atom is 0.261 e. The molecule has 2 aromatic heterocycles. The van der Waals surface area contributed by atoms with E-state index in [1.807, 2.05) is 17.0 Å². The first kappa shape index (κ1) is 25.5. The largest absolute Gasteiger partial charge is 0.336 e. The number of rotatable bonds is 8. The Morgan fingerprint density at radius 1 is 1.24 bits per heavy atom. The van der Waals surface area contributed by atoms with Crippen molar-refractivity contribution < 1.29 is 4.79 Å². The number of aliphatic imine (C=N–C) groups is 1. The van der Waals surface area contributed by atoms with Crippen molar-refractivity contribution in [3.8, 4) is 0 Å². The van der Waals surface area contributed by atoms with Crippen LogP contribution in [0.15, 0.2) is 34.1 Å². The molecule has 3 aliphatic rings. The first-order chi connectivity index (χ1) is 18.5. The van der Waals surface area contributed by atoms with Crippen molar-refractivity contribution in [1.29, 1.82) is 0 Å². The molecule has 1 amide bonds. The Kier molecular flexibility index (Phi) is 7.01. The summed E-state index contributed by atoms with van der Waals surface area (Å²) >= 11 is 1.53. The van der Waals surface area contributed by atoms with Gasteiger partial charge in [0.1, 0.15) is 16.2 Å². The average molecular weight is 535 g/mol. The van der Waals surface area contributed by atoms with Gasteiger partial charge in [0.2, 0.25) is 5.43 Å². The standard InChI is InChI=1S/C29H38N6O2S/c1-4-14-33(15-7-8-18(2)3)29-31-17-19-25(36)24(27(37)34-16-12-20-21(34)11-13-30-20)28-35(26(19)32-29)22-9-5-6-10-23(22)38-28/h5-6,9-10,17-18,20-21,29-30,32H,4,7-8,11-16H2,1-3H3. The summed E-state index contributed by atoms with van der Waals surface area (Å²) in [5.41, 5.74) is 1.54. The lowest BCUT2D eigenvalue weighted by Crippen LogP contribution is -2.45. The third-order valence-electron chi connectivity index (χ3n) is 8.24. The van der Waals surface area contributed by atoms with Crippen molar-refractivity contribution in [3.05, 3.63) is 45.6 Å². The van der Waals surface area contributed by atoms with Crippen LogP contribution in [0.4, 0.5) is 5.82 Å². The number of aromatic nitrogens is 1. The molecule has 8 nitrogen and oxygen atoms in total. The van der Waals surface area contributed by atoms with E-state index < -0.39 is 0 Å². The number of pyridine rings is 1. The molecule has 9 heteroatoms. The van der Waals surface area contributed by atoms with Gasteiger partial charge in [-0.2, -0.15) is 0 Å². The highest BCUT2D eigenvalue weighted by molar-refractivity contribution is 7.24. The zero-order chi connectivity index (χ0) is 26.4. The number of carbonyl (C=O) groups excluding carboxylic acids is 1. The average Bonchev–Trinajstić information content (AvgIpc) is 3.62. The fourth-order valence-electron chi connectivity index (χ4n) is 6.38. The number of amides is 1. The summed E-state index contributed by atoms with van der Waals surface area (Å²) < 4.78 is 3.15. The molecule has 0 bridgehead atoms. The van der Waals surface area contributed by atoms with Crippen molar-refractivity contribution in [2.75, 3.05) is 31.5 Å². The van der Waals surface area contributed by atoms with Crippen LogP contribution in [0.3, 0.4) is 0 Å². The molecule has 5 heterocycles. The number of nitrogens with zero attached hydrogens (tertiary/aromatic N) is 4. The summed E-state index contributed by atoms with van der Waals surface area (Å²) in [6.07, 6.45) is 6.65. The summed E-state index contributed by atoms with van der Waals surface area (Å²) in [5, 5.41) is 7.13. The minimum absolute atomic E-state index is 0.144. The van der Waals surface area contributed by atoms with Crippen LogP contribution in [-0.4, -0.2) is 70.9 Å². The van der Waals surface area contributed by atoms with Gasteiger partial charge in [0.05, 0.1) is 15.8 Å². The molecule has 0 aliphatic carbocycles. The third-order valence-corrected chi connectivity index (χ3v) is 9.39. The molecule has 2 N–H and O–H groups in total. The van der Waals surface area contributed by atoms with E-state index in [1.165, 1.54) is 17.8 Å².